The molecule has 2 nitrogen and oxygen atoms in total. The predicted molar refractivity (Wildman–Crippen MR) is 17.0 cm³/mol. The van der Waals surface area contributed by atoms with Gasteiger partial charge in [-0.1, -0.05) is 0 Å². The van der Waals surface area contributed by atoms with Crippen LogP contribution < -0.4 is 0 Å². The summed E-state index contributed by atoms with van der Waals surface area (Å²) in [5.74, 6) is 0. The molecule has 0 unspecified atom stereocenters. The molecule has 29 valence electrons. The molecule has 0 aromatic rings. The molecule has 0 rings (SSSR count). The van der Waals surface area contributed by atoms with E-state index in [9.17, 15) is 0 Å². The van der Waals surface area contributed by atoms with Crippen LogP contribution in [0, 0.1) is 0 Å². The van der Waals surface area contributed by atoms with Gasteiger partial charge in [-0.3, -0.25) is 0 Å². The fraction of sp³-hybridized carbons (Fsp3) is 0. The van der Waals surface area contributed by atoms with Crippen molar-refractivity contribution < 1.29 is 31.8 Å². The van der Waals surface area contributed by atoms with E-state index in [0.717, 1.165) is 0 Å². The molecule has 0 aromatic carbocycles. The Labute approximate surface area is 66.3 Å². The van der Waals surface area contributed by atoms with E-state index in [-0.39, 0.29) is 48.6 Å². The second-order valence-electron chi connectivity index (χ2n) is 0.0816. The molecule has 0 atom stereocenters. The summed E-state index contributed by atoms with van der Waals surface area (Å²) in [6.45, 7) is 0. The molecule has 0 aliphatic carbocycles. The van der Waals surface area contributed by atoms with E-state index in [1.807, 2.05) is 0 Å². The van der Waals surface area contributed by atoms with Crippen molar-refractivity contribution in [1.29, 1.82) is 0 Å². The van der Waals surface area contributed by atoms with Gasteiger partial charge in [0, 0.05) is 22.4 Å². The van der Waals surface area contributed by atoms with Crippen molar-refractivity contribution in [3.63, 3.8) is 0 Å². The third-order valence-electron chi connectivity index (χ3n) is 0. The fourth-order valence-electron chi connectivity index (χ4n) is 0. The first kappa shape index (κ1) is 15.9. The van der Waals surface area contributed by atoms with E-state index in [4.69, 9.17) is 9.46 Å². The second-order valence-corrected chi connectivity index (χ2v) is 0.245. The topological polar surface area (TPSA) is 37.3 Å². The monoisotopic (exact) mass is 367 g/mol. The van der Waals surface area contributed by atoms with Crippen LogP contribution in [0.25, 0.3) is 0 Å². The van der Waals surface area contributed by atoms with Crippen LogP contribution in [0.15, 0.2) is 0 Å². The first-order chi connectivity index (χ1) is 1.41. The van der Waals surface area contributed by atoms with Crippen LogP contribution in [0.4, 0.5) is 0 Å². The second kappa shape index (κ2) is 17.3. The standard InChI is InChI=1S/Bi.Nb.HO2P.H/c;;1-3-2;/h;;(H,1,2);. The molecule has 5 heavy (non-hydrogen) atoms. The predicted octanol–water partition coefficient (Wildman–Crippen LogP) is -0.466. The van der Waals surface area contributed by atoms with Crippen LogP contribution >= 0.6 is 8.69 Å². The van der Waals surface area contributed by atoms with Gasteiger partial charge in [-0.05, 0) is 0 Å². The Morgan fingerprint density at radius 3 is 1.60 bits per heavy atom. The van der Waals surface area contributed by atoms with Crippen molar-refractivity contribution in [2.45, 2.75) is 0 Å². The van der Waals surface area contributed by atoms with Gasteiger partial charge in [-0.2, -0.15) is 0 Å². The maximum atomic E-state index is 8.46. The molecule has 1 N–H and O–H groups in total. The Bertz CT molecular complexity index is 17.1. The van der Waals surface area contributed by atoms with Crippen LogP contribution in [0.2, 0.25) is 0 Å². The van der Waals surface area contributed by atoms with Crippen molar-refractivity contribution in [2.75, 3.05) is 0 Å². The molecule has 0 saturated carbocycles. The molecule has 0 amide bonds. The summed E-state index contributed by atoms with van der Waals surface area (Å²) in [7, 11) is -0.833. The minimum Gasteiger partial charge on any atom is 0 e. The first-order valence-corrected chi connectivity index (χ1v) is 1.15. The molecular weight excluding hydrogens is 365 g/mol. The van der Waals surface area contributed by atoms with Crippen molar-refractivity contribution in [1.82, 2.24) is 0 Å². The number of hydrogen-bond donors (Lipinski definition) is 1. The quantitative estimate of drug-likeness (QED) is 0.465. The molecule has 3 radical (unpaired) electrons. The van der Waals surface area contributed by atoms with E-state index < -0.39 is 8.69 Å². The minimum atomic E-state index is -0.833. The Kier molecular flexibility index (Phi) is 55.1. The van der Waals surface area contributed by atoms with Gasteiger partial charge in [-0.25, -0.2) is 4.57 Å². The normalized spacial score (nSPS) is 4.20. The summed E-state index contributed by atoms with van der Waals surface area (Å²) in [6, 6.07) is 0. The van der Waals surface area contributed by atoms with Gasteiger partial charge in [0.25, 0.3) is 0 Å². The third kappa shape index (κ3) is 27.2. The molecule has 0 bridgehead atoms. The Balaban J connectivity index is -0.0000000200. The summed E-state index contributed by atoms with van der Waals surface area (Å²) in [5, 5.41) is 0. The minimum absolute atomic E-state index is 0. The summed E-state index contributed by atoms with van der Waals surface area (Å²) >= 11 is 0. The Morgan fingerprint density at radius 2 is 1.60 bits per heavy atom. The molecule has 0 saturated heterocycles. The van der Waals surface area contributed by atoms with Crippen molar-refractivity contribution >= 4 is 34.9 Å². The van der Waals surface area contributed by atoms with Crippen LogP contribution in [-0.2, 0) is 26.9 Å². The molecule has 0 heterocycles. The fourth-order valence-corrected chi connectivity index (χ4v) is 0. The number of rotatable bonds is 0. The molecule has 0 aromatic heterocycles. The largest absolute Gasteiger partial charge is 0 e. The zero-order chi connectivity index (χ0) is 2.71. The van der Waals surface area contributed by atoms with Gasteiger partial charge in [0.2, 0.25) is 0 Å². The molecule has 0 aliphatic rings. The molecule has 0 aliphatic heterocycles. The average Bonchev–Trinajstić information content (AvgIpc) is 0.918. The number of hydrogen-bond acceptors (Lipinski definition) is 1. The van der Waals surface area contributed by atoms with E-state index in [2.05, 4.69) is 0 Å². The van der Waals surface area contributed by atoms with Gasteiger partial charge in [0.1, 0.15) is 0 Å². The van der Waals surface area contributed by atoms with Gasteiger partial charge >= 0.3 is 34.9 Å². The smallest absolute Gasteiger partial charge is 0 e. The zero-order valence-electron chi connectivity index (χ0n) is 2.25. The van der Waals surface area contributed by atoms with Crippen molar-refractivity contribution in [3.8, 4) is 0 Å². The van der Waals surface area contributed by atoms with Crippen LogP contribution in [-0.4, -0.2) is 31.1 Å². The summed E-state index contributed by atoms with van der Waals surface area (Å²) in [4.78, 5) is 6.99. The van der Waals surface area contributed by atoms with Gasteiger partial charge in [0.15, 0.2) is 0 Å². The van der Waals surface area contributed by atoms with E-state index >= 15 is 0 Å². The maximum absolute atomic E-state index is 8.46. The Hall–Kier alpha value is 1.68. The molecule has 0 fully saturated rings. The Morgan fingerprint density at radius 1 is 1.60 bits per heavy atom. The summed E-state index contributed by atoms with van der Waals surface area (Å²) in [5.41, 5.74) is 0. The average molecular weight is 367 g/mol. The van der Waals surface area contributed by atoms with Gasteiger partial charge < -0.3 is 4.89 Å². The van der Waals surface area contributed by atoms with Crippen LogP contribution in [0.1, 0.15) is 0 Å². The van der Waals surface area contributed by atoms with Crippen LogP contribution in [0.3, 0.4) is 0 Å². The summed E-state index contributed by atoms with van der Waals surface area (Å²) in [6.07, 6.45) is 0. The van der Waals surface area contributed by atoms with E-state index in [1.165, 1.54) is 0 Å². The van der Waals surface area contributed by atoms with Crippen molar-refractivity contribution in [2.24, 2.45) is 0 Å². The SMILES string of the molecule is O=PO.[BiH].[Nb]. The van der Waals surface area contributed by atoms with E-state index in [0.29, 0.717) is 0 Å². The van der Waals surface area contributed by atoms with Gasteiger partial charge in [-0.15, -0.1) is 0 Å². The van der Waals surface area contributed by atoms with E-state index in [1.54, 1.807) is 0 Å². The third-order valence-corrected chi connectivity index (χ3v) is 0. The van der Waals surface area contributed by atoms with Gasteiger partial charge in [0.05, 0.1) is 0 Å². The zero-order valence-corrected chi connectivity index (χ0v) is 9.23. The first-order valence-electron chi connectivity index (χ1n) is 0.383. The maximum Gasteiger partial charge on any atom is 0 e. The molecule has 0 spiro atoms. The molecular formula is H2BiNbO2P. The molecule has 5 heteroatoms. The van der Waals surface area contributed by atoms with Crippen molar-refractivity contribution in [3.05, 3.63) is 0 Å². The van der Waals surface area contributed by atoms with Crippen LogP contribution in [0.5, 0.6) is 0 Å². The summed E-state index contributed by atoms with van der Waals surface area (Å²) < 4.78 is 8.46.